The van der Waals surface area contributed by atoms with E-state index in [1.807, 2.05) is 0 Å². The van der Waals surface area contributed by atoms with Crippen molar-refractivity contribution in [2.45, 2.75) is 13.8 Å². The van der Waals surface area contributed by atoms with Crippen molar-refractivity contribution in [2.24, 2.45) is 0 Å². The Morgan fingerprint density at radius 2 is 2.00 bits per heavy atom. The first-order valence-corrected chi connectivity index (χ1v) is 4.75. The predicted molar refractivity (Wildman–Crippen MR) is 42.6 cm³/mol. The molecule has 0 radical (unpaired) electrons. The molecule has 0 N–H and O–H groups in total. The number of hydrogen-bond acceptors (Lipinski definition) is 5. The number of hydrogen-bond donors (Lipinski definition) is 0. The van der Waals surface area contributed by atoms with Crippen molar-refractivity contribution >= 4 is 16.1 Å². The van der Waals surface area contributed by atoms with Crippen LogP contribution < -0.4 is 29.6 Å². The molecule has 0 amide bonds. The van der Waals surface area contributed by atoms with E-state index in [9.17, 15) is 13.2 Å². The summed E-state index contributed by atoms with van der Waals surface area (Å²) in [7, 11) is -3.73. The third-order valence-corrected chi connectivity index (χ3v) is 1.90. The molecule has 0 unspecified atom stereocenters. The maximum Gasteiger partial charge on any atom is 1.00 e. The van der Waals surface area contributed by atoms with Gasteiger partial charge >= 0.3 is 45.6 Å². The van der Waals surface area contributed by atoms with E-state index in [1.165, 1.54) is 13.8 Å². The van der Waals surface area contributed by atoms with Crippen LogP contribution in [0.5, 0.6) is 0 Å². The molecule has 7 heteroatoms. The number of rotatable bonds is 4. The number of carbonyl (C=O) groups is 1. The molecule has 0 saturated carbocycles. The zero-order valence-electron chi connectivity index (χ0n) is 8.86. The van der Waals surface area contributed by atoms with E-state index in [0.29, 0.717) is 0 Å². The molecule has 0 rings (SSSR count). The van der Waals surface area contributed by atoms with Crippen LogP contribution in [0.1, 0.15) is 15.3 Å². The molecule has 72 valence electrons. The first-order chi connectivity index (χ1) is 5.39. The van der Waals surface area contributed by atoms with Crippen molar-refractivity contribution in [3.8, 4) is 0 Å². The second-order valence-electron chi connectivity index (χ2n) is 2.07. The molecule has 0 saturated heterocycles. The average molecular weight is 218 g/mol. The maximum atomic E-state index is 10.6. The van der Waals surface area contributed by atoms with Crippen LogP contribution in [0, 0.1) is 0 Å². The monoisotopic (exact) mass is 218 g/mol. The van der Waals surface area contributed by atoms with Crippen LogP contribution in [0.4, 0.5) is 0 Å². The van der Waals surface area contributed by atoms with Gasteiger partial charge in [0.25, 0.3) is 0 Å². The fraction of sp³-hybridized carbons (Fsp3) is 0.500. The topological polar surface area (TPSA) is 69.7 Å². The van der Waals surface area contributed by atoms with Crippen LogP contribution in [0.2, 0.25) is 0 Å². The van der Waals surface area contributed by atoms with Gasteiger partial charge < -0.3 is 1.43 Å². The van der Waals surface area contributed by atoms with Crippen molar-refractivity contribution in [2.75, 3.05) is 5.75 Å². The second-order valence-corrected chi connectivity index (χ2v) is 3.89. The fourth-order valence-electron chi connectivity index (χ4n) is 0.202. The summed E-state index contributed by atoms with van der Waals surface area (Å²) in [5.41, 5.74) is 0.0707. The Hall–Kier alpha value is 0.120. The van der Waals surface area contributed by atoms with Crippen molar-refractivity contribution < 1.29 is 53.4 Å². The Labute approximate surface area is 101 Å². The standard InChI is InChI=1S/C6H10O5S.Na.H/c1-4-12(8,9)11-10-6(7)5(2)3;;/h2,4H2,1,3H3;;/q;+1;-1. The molecule has 13 heavy (non-hydrogen) atoms. The fourth-order valence-corrected chi connectivity index (χ4v) is 0.464. The van der Waals surface area contributed by atoms with Crippen LogP contribution in [-0.2, 0) is 24.1 Å². The average Bonchev–Trinajstić information content (AvgIpc) is 2.00. The maximum absolute atomic E-state index is 10.6. The minimum absolute atomic E-state index is 0. The quantitative estimate of drug-likeness (QED) is 0.226. The van der Waals surface area contributed by atoms with Gasteiger partial charge in [0.1, 0.15) is 0 Å². The smallest absolute Gasteiger partial charge is 1.00 e. The normalized spacial score (nSPS) is 10.0. The van der Waals surface area contributed by atoms with E-state index in [1.54, 1.807) is 0 Å². The Kier molecular flexibility index (Phi) is 7.86. The van der Waals surface area contributed by atoms with Gasteiger partial charge in [0.2, 0.25) is 0 Å². The molecular weight excluding hydrogens is 207 g/mol. The summed E-state index contributed by atoms with van der Waals surface area (Å²) in [6, 6.07) is 0. The summed E-state index contributed by atoms with van der Waals surface area (Å²) in [5, 5.41) is 0. The third kappa shape index (κ3) is 7.21. The van der Waals surface area contributed by atoms with Crippen molar-refractivity contribution in [3.05, 3.63) is 12.2 Å². The van der Waals surface area contributed by atoms with Gasteiger partial charge in [-0.1, -0.05) is 10.9 Å². The summed E-state index contributed by atoms with van der Waals surface area (Å²) in [6.07, 6.45) is 0. The summed E-state index contributed by atoms with van der Waals surface area (Å²) in [4.78, 5) is 14.5. The van der Waals surface area contributed by atoms with Gasteiger partial charge in [-0.3, -0.25) is 4.89 Å². The molecular formula is C6H11NaO5S. The third-order valence-electron chi connectivity index (χ3n) is 0.915. The Bertz CT molecular complexity index is 287. The van der Waals surface area contributed by atoms with Gasteiger partial charge in [-0.2, -0.15) is 8.42 Å². The molecule has 0 aromatic heterocycles. The molecule has 0 aromatic carbocycles. The van der Waals surface area contributed by atoms with E-state index < -0.39 is 16.1 Å². The van der Waals surface area contributed by atoms with E-state index in [0.717, 1.165) is 0 Å². The van der Waals surface area contributed by atoms with Crippen LogP contribution in [0.15, 0.2) is 12.2 Å². The first kappa shape index (κ1) is 15.6. The summed E-state index contributed by atoms with van der Waals surface area (Å²) < 4.78 is 25.1. The van der Waals surface area contributed by atoms with Crippen LogP contribution in [0.3, 0.4) is 0 Å². The van der Waals surface area contributed by atoms with Gasteiger partial charge in [0, 0.05) is 5.57 Å². The summed E-state index contributed by atoms with van der Waals surface area (Å²) in [5.74, 6) is -1.15. The molecule has 5 nitrogen and oxygen atoms in total. The van der Waals surface area contributed by atoms with E-state index in [-0.39, 0.29) is 42.3 Å². The van der Waals surface area contributed by atoms with Gasteiger partial charge in [-0.05, 0) is 13.8 Å². The largest absolute Gasteiger partial charge is 1.00 e. The minimum atomic E-state index is -3.73. The van der Waals surface area contributed by atoms with Crippen LogP contribution in [-0.4, -0.2) is 20.1 Å². The van der Waals surface area contributed by atoms with Crippen molar-refractivity contribution in [1.82, 2.24) is 0 Å². The molecule has 0 spiro atoms. The number of carbonyl (C=O) groups excluding carboxylic acids is 1. The molecule has 0 aliphatic rings. The zero-order chi connectivity index (χ0) is 9.78. The molecule has 0 bridgehead atoms. The molecule has 0 aliphatic heterocycles. The van der Waals surface area contributed by atoms with Gasteiger partial charge in [-0.15, -0.1) is 0 Å². The first-order valence-electron chi connectivity index (χ1n) is 3.17. The Morgan fingerprint density at radius 1 is 1.54 bits per heavy atom. The van der Waals surface area contributed by atoms with E-state index >= 15 is 0 Å². The summed E-state index contributed by atoms with van der Waals surface area (Å²) in [6.45, 7) is 5.98. The van der Waals surface area contributed by atoms with Gasteiger partial charge in [0.05, 0.1) is 5.75 Å². The van der Waals surface area contributed by atoms with Gasteiger partial charge in [-0.25, -0.2) is 4.79 Å². The second kappa shape index (κ2) is 6.56. The van der Waals surface area contributed by atoms with Crippen LogP contribution in [0.25, 0.3) is 0 Å². The SMILES string of the molecule is C=C(C)C(=O)OOS(=O)(=O)CC.[H-].[Na+]. The van der Waals surface area contributed by atoms with Crippen molar-refractivity contribution in [3.63, 3.8) is 0 Å². The molecule has 0 heterocycles. The Balaban J connectivity index is -0.000000605. The minimum Gasteiger partial charge on any atom is -1.00 e. The molecule has 0 fully saturated rings. The molecule has 0 atom stereocenters. The van der Waals surface area contributed by atoms with Crippen molar-refractivity contribution in [1.29, 1.82) is 0 Å². The molecule has 0 aromatic rings. The predicted octanol–water partition coefficient (Wildman–Crippen LogP) is -2.50. The van der Waals surface area contributed by atoms with E-state index in [4.69, 9.17) is 0 Å². The van der Waals surface area contributed by atoms with E-state index in [2.05, 4.69) is 15.8 Å². The molecule has 0 aliphatic carbocycles. The zero-order valence-corrected chi connectivity index (χ0v) is 10.7. The summed E-state index contributed by atoms with van der Waals surface area (Å²) >= 11 is 0. The Morgan fingerprint density at radius 3 is 2.31 bits per heavy atom. The van der Waals surface area contributed by atoms with Gasteiger partial charge in [0.15, 0.2) is 0 Å². The van der Waals surface area contributed by atoms with Crippen LogP contribution >= 0.6 is 0 Å².